The van der Waals surface area contributed by atoms with Gasteiger partial charge in [0, 0.05) is 45.6 Å². The molecule has 232 valence electrons. The lowest BCUT2D eigenvalue weighted by atomic mass is 9.82. The fourth-order valence-corrected chi connectivity index (χ4v) is 7.29. The summed E-state index contributed by atoms with van der Waals surface area (Å²) in [5.74, 6) is 0. The first-order valence-corrected chi connectivity index (χ1v) is 16.4. The van der Waals surface area contributed by atoms with Crippen LogP contribution in [0.5, 0.6) is 0 Å². The van der Waals surface area contributed by atoms with Gasteiger partial charge in [-0.1, -0.05) is 133 Å². The lowest BCUT2D eigenvalue weighted by Crippen LogP contribution is -2.26. The average molecular weight is 630 g/mol. The third-order valence-corrected chi connectivity index (χ3v) is 9.74. The molecule has 2 N–H and O–H groups in total. The Morgan fingerprint density at radius 1 is 0.653 bits per heavy atom. The summed E-state index contributed by atoms with van der Waals surface area (Å²) in [6.07, 6.45) is 6.48. The van der Waals surface area contributed by atoms with Gasteiger partial charge in [-0.25, -0.2) is 9.97 Å². The van der Waals surface area contributed by atoms with Crippen molar-refractivity contribution < 1.29 is 0 Å². The van der Waals surface area contributed by atoms with Crippen LogP contribution in [0.25, 0.3) is 62.0 Å². The molecule has 5 heteroatoms. The molecule has 2 aliphatic rings. The van der Waals surface area contributed by atoms with Crippen molar-refractivity contribution in [1.29, 1.82) is 10.8 Å². The van der Waals surface area contributed by atoms with Gasteiger partial charge in [0.05, 0.1) is 45.6 Å². The molecule has 2 aromatic heterocycles. The lowest BCUT2D eigenvalue weighted by molar-refractivity contribution is 0.808. The number of pyridine rings is 2. The molecule has 5 aromatic carbocycles. The van der Waals surface area contributed by atoms with Gasteiger partial charge in [-0.05, 0) is 34.9 Å². The zero-order chi connectivity index (χ0) is 33.1. The Balaban J connectivity index is 1.20. The van der Waals surface area contributed by atoms with E-state index in [1.165, 1.54) is 0 Å². The van der Waals surface area contributed by atoms with E-state index in [4.69, 9.17) is 15.4 Å². The third kappa shape index (κ3) is 4.70. The number of likely N-dealkylation sites (N-methyl/N-ethyl adjacent to an activating group) is 1. The molecule has 9 rings (SSSR count). The van der Waals surface area contributed by atoms with Crippen LogP contribution in [-0.2, 0) is 0 Å². The van der Waals surface area contributed by atoms with Gasteiger partial charge in [-0.2, -0.15) is 0 Å². The van der Waals surface area contributed by atoms with E-state index in [9.17, 15) is 5.41 Å². The predicted molar refractivity (Wildman–Crippen MR) is 203 cm³/mol. The molecule has 49 heavy (non-hydrogen) atoms. The minimum absolute atomic E-state index is 0.0509. The number of hydrogen-bond acceptors (Lipinski definition) is 5. The van der Waals surface area contributed by atoms with Gasteiger partial charge in [0.25, 0.3) is 0 Å². The monoisotopic (exact) mass is 629 g/mol. The molecule has 3 heterocycles. The van der Waals surface area contributed by atoms with Crippen molar-refractivity contribution in [3.05, 3.63) is 167 Å². The Kier molecular flexibility index (Phi) is 6.66. The van der Waals surface area contributed by atoms with Crippen LogP contribution < -0.4 is 4.90 Å². The van der Waals surface area contributed by atoms with Crippen LogP contribution in [0.3, 0.4) is 0 Å². The maximum absolute atomic E-state index is 9.30. The SMILES string of the molecule is CN1c2c(ccc3ccc(-c4ccccc4)nc23)C=CC1c1ccc2c3c(c(-c4ccccc4)nc2c1)C=C(c1ccccc1)C(=N)C3=N. The summed E-state index contributed by atoms with van der Waals surface area (Å²) in [5.41, 5.74) is 12.7. The van der Waals surface area contributed by atoms with Crippen LogP contribution in [-0.4, -0.2) is 28.4 Å². The number of rotatable bonds is 4. The molecule has 1 unspecified atom stereocenters. The maximum atomic E-state index is 9.30. The van der Waals surface area contributed by atoms with Crippen LogP contribution >= 0.6 is 0 Å². The summed E-state index contributed by atoms with van der Waals surface area (Å²) in [4.78, 5) is 12.8. The highest BCUT2D eigenvalue weighted by Crippen LogP contribution is 2.42. The fraction of sp³-hybridized carbons (Fsp3) is 0.0455. The second-order valence-corrected chi connectivity index (χ2v) is 12.6. The van der Waals surface area contributed by atoms with Crippen molar-refractivity contribution in [3.8, 4) is 22.5 Å². The van der Waals surface area contributed by atoms with E-state index >= 15 is 0 Å². The normalized spacial score (nSPS) is 15.3. The van der Waals surface area contributed by atoms with E-state index in [0.717, 1.165) is 83.4 Å². The van der Waals surface area contributed by atoms with Crippen molar-refractivity contribution >= 4 is 56.6 Å². The number of nitrogens with one attached hydrogen (secondary N) is 2. The van der Waals surface area contributed by atoms with Gasteiger partial charge >= 0.3 is 0 Å². The Hall–Kier alpha value is -6.46. The Morgan fingerprint density at radius 3 is 2.06 bits per heavy atom. The van der Waals surface area contributed by atoms with Crippen LogP contribution in [0.15, 0.2) is 140 Å². The lowest BCUT2D eigenvalue weighted by Gasteiger charge is -2.33. The Morgan fingerprint density at radius 2 is 1.33 bits per heavy atom. The first-order chi connectivity index (χ1) is 24.0. The van der Waals surface area contributed by atoms with Gasteiger partial charge in [0.15, 0.2) is 0 Å². The van der Waals surface area contributed by atoms with Crippen molar-refractivity contribution in [2.75, 3.05) is 11.9 Å². The maximum Gasteiger partial charge on any atom is 0.0949 e. The van der Waals surface area contributed by atoms with E-state index < -0.39 is 0 Å². The van der Waals surface area contributed by atoms with Gasteiger partial charge in [-0.3, -0.25) is 10.8 Å². The number of fused-ring (bicyclic) bond motifs is 6. The van der Waals surface area contributed by atoms with Crippen molar-refractivity contribution in [3.63, 3.8) is 0 Å². The van der Waals surface area contributed by atoms with E-state index in [1.807, 2.05) is 72.8 Å². The summed E-state index contributed by atoms with van der Waals surface area (Å²) >= 11 is 0. The topological polar surface area (TPSA) is 76.7 Å². The zero-order valence-corrected chi connectivity index (χ0v) is 26.9. The van der Waals surface area contributed by atoms with Crippen LogP contribution in [0.4, 0.5) is 5.69 Å². The number of hydrogen-bond donors (Lipinski definition) is 2. The molecular weight excluding hydrogens is 599 g/mol. The standard InChI is InChI=1S/C44H31N5/c1-49-38(24-21-31-18-17-30-20-23-36(47-43(30)44(31)49)28-13-7-3-8-14-28)32-19-22-33-37(25-32)48-42(29-15-9-4-10-16-29)35-26-34(27-11-5-2-6-12-27)40(45)41(46)39(33)35/h2-26,38,45-46H,1H3. The van der Waals surface area contributed by atoms with Gasteiger partial charge in [-0.15, -0.1) is 0 Å². The van der Waals surface area contributed by atoms with Gasteiger partial charge < -0.3 is 4.90 Å². The first-order valence-electron chi connectivity index (χ1n) is 16.4. The van der Waals surface area contributed by atoms with E-state index in [0.29, 0.717) is 0 Å². The molecule has 1 atom stereocenters. The molecule has 5 nitrogen and oxygen atoms in total. The number of benzene rings is 5. The summed E-state index contributed by atoms with van der Waals surface area (Å²) in [6, 6.07) is 45.3. The second kappa shape index (κ2) is 11.4. The number of anilines is 1. The molecule has 0 saturated carbocycles. The molecule has 0 spiro atoms. The fourth-order valence-electron chi connectivity index (χ4n) is 7.29. The number of allylic oxidation sites excluding steroid dienone is 1. The minimum Gasteiger partial charge on any atom is -0.362 e. The van der Waals surface area contributed by atoms with E-state index in [2.05, 4.69) is 90.8 Å². The molecule has 1 aliphatic carbocycles. The Labute approximate surface area is 284 Å². The quantitative estimate of drug-likeness (QED) is 0.203. The Bertz CT molecular complexity index is 2530. The summed E-state index contributed by atoms with van der Waals surface area (Å²) in [6.45, 7) is 0. The molecule has 0 radical (unpaired) electrons. The molecule has 0 amide bonds. The minimum atomic E-state index is -0.0509. The predicted octanol–water partition coefficient (Wildman–Crippen LogP) is 10.3. The molecule has 1 aliphatic heterocycles. The molecule has 7 aromatic rings. The third-order valence-electron chi connectivity index (χ3n) is 9.74. The smallest absolute Gasteiger partial charge is 0.0949 e. The van der Waals surface area contributed by atoms with Crippen molar-refractivity contribution in [2.24, 2.45) is 0 Å². The summed E-state index contributed by atoms with van der Waals surface area (Å²) in [7, 11) is 2.14. The van der Waals surface area contributed by atoms with Crippen molar-refractivity contribution in [2.45, 2.75) is 6.04 Å². The van der Waals surface area contributed by atoms with Crippen LogP contribution in [0.2, 0.25) is 0 Å². The number of aromatic nitrogens is 2. The molecule has 0 fully saturated rings. The molecule has 0 saturated heterocycles. The van der Waals surface area contributed by atoms with Crippen LogP contribution in [0, 0.1) is 10.8 Å². The van der Waals surface area contributed by atoms with E-state index in [1.54, 1.807) is 0 Å². The van der Waals surface area contributed by atoms with Gasteiger partial charge in [0.1, 0.15) is 0 Å². The van der Waals surface area contributed by atoms with Crippen molar-refractivity contribution in [1.82, 2.24) is 9.97 Å². The zero-order valence-electron chi connectivity index (χ0n) is 26.9. The van der Waals surface area contributed by atoms with E-state index in [-0.39, 0.29) is 17.5 Å². The highest BCUT2D eigenvalue weighted by molar-refractivity contribution is 6.64. The van der Waals surface area contributed by atoms with Crippen LogP contribution in [0.1, 0.15) is 33.9 Å². The molecule has 0 bridgehead atoms. The largest absolute Gasteiger partial charge is 0.362 e. The summed E-state index contributed by atoms with van der Waals surface area (Å²) in [5, 5.41) is 20.3. The highest BCUT2D eigenvalue weighted by atomic mass is 15.1. The summed E-state index contributed by atoms with van der Waals surface area (Å²) < 4.78 is 0. The number of nitrogens with zero attached hydrogens (tertiary/aromatic N) is 3. The van der Waals surface area contributed by atoms with Gasteiger partial charge in [0.2, 0.25) is 0 Å². The first kappa shape index (κ1) is 28.7. The average Bonchev–Trinajstić information content (AvgIpc) is 3.16. The molecular formula is C44H31N5. The highest BCUT2D eigenvalue weighted by Gasteiger charge is 2.29. The second-order valence-electron chi connectivity index (χ2n) is 12.6.